The second-order valence-electron chi connectivity index (χ2n) is 4.01. The van der Waals surface area contributed by atoms with E-state index in [4.69, 9.17) is 5.11 Å². The Kier molecular flexibility index (Phi) is 4.20. The predicted molar refractivity (Wildman–Crippen MR) is 70.9 cm³/mol. The fourth-order valence-corrected chi connectivity index (χ4v) is 2.36. The fraction of sp³-hybridized carbons (Fsp3) is 0.455. The van der Waals surface area contributed by atoms with E-state index in [1.807, 2.05) is 30.8 Å². The third-order valence-electron chi connectivity index (χ3n) is 2.43. The van der Waals surface area contributed by atoms with Crippen LogP contribution in [0.5, 0.6) is 0 Å². The number of carboxylic acids is 1. The van der Waals surface area contributed by atoms with Gasteiger partial charge in [0.15, 0.2) is 11.0 Å². The third-order valence-corrected chi connectivity index (χ3v) is 3.38. The molecule has 0 saturated heterocycles. The van der Waals surface area contributed by atoms with Crippen molar-refractivity contribution in [2.75, 3.05) is 5.75 Å². The van der Waals surface area contributed by atoms with Crippen molar-refractivity contribution in [1.82, 2.24) is 24.5 Å². The molecule has 0 aliphatic carbocycles. The zero-order valence-electron chi connectivity index (χ0n) is 10.8. The van der Waals surface area contributed by atoms with E-state index >= 15 is 0 Å². The summed E-state index contributed by atoms with van der Waals surface area (Å²) in [6.45, 7) is 2.79. The highest BCUT2D eigenvalue weighted by atomic mass is 32.2. The van der Waals surface area contributed by atoms with Gasteiger partial charge in [0.2, 0.25) is 0 Å². The molecule has 0 spiro atoms. The van der Waals surface area contributed by atoms with Crippen molar-refractivity contribution in [3.8, 4) is 11.5 Å². The van der Waals surface area contributed by atoms with Crippen LogP contribution in [0, 0.1) is 0 Å². The van der Waals surface area contributed by atoms with Crippen LogP contribution >= 0.6 is 11.8 Å². The Labute approximate surface area is 114 Å². The third kappa shape index (κ3) is 3.14. The number of carboxylic acid groups (broad SMARTS) is 1. The largest absolute Gasteiger partial charge is 0.481 e. The molecule has 0 bridgehead atoms. The summed E-state index contributed by atoms with van der Waals surface area (Å²) < 4.78 is 3.61. The zero-order chi connectivity index (χ0) is 13.8. The summed E-state index contributed by atoms with van der Waals surface area (Å²) in [5.41, 5.74) is 0.741. The Morgan fingerprint density at radius 1 is 1.47 bits per heavy atom. The van der Waals surface area contributed by atoms with Crippen molar-refractivity contribution in [2.24, 2.45) is 7.05 Å². The van der Waals surface area contributed by atoms with E-state index in [1.165, 1.54) is 11.8 Å². The molecule has 0 unspecified atom stereocenters. The molecule has 0 amide bonds. The van der Waals surface area contributed by atoms with Gasteiger partial charge in [0.1, 0.15) is 5.69 Å². The van der Waals surface area contributed by atoms with Crippen LogP contribution in [0.4, 0.5) is 0 Å². The van der Waals surface area contributed by atoms with Gasteiger partial charge in [-0.15, -0.1) is 10.2 Å². The van der Waals surface area contributed by atoms with Gasteiger partial charge in [-0.1, -0.05) is 18.7 Å². The summed E-state index contributed by atoms with van der Waals surface area (Å²) in [6.07, 6.45) is 2.75. The molecule has 0 saturated carbocycles. The second-order valence-corrected chi connectivity index (χ2v) is 4.96. The predicted octanol–water partition coefficient (Wildman–Crippen LogP) is 1.27. The van der Waals surface area contributed by atoms with Crippen LogP contribution in [0.15, 0.2) is 17.4 Å². The molecule has 2 heterocycles. The molecule has 0 fully saturated rings. The fourth-order valence-electron chi connectivity index (χ4n) is 1.67. The number of carbonyl (C=O) groups is 1. The van der Waals surface area contributed by atoms with Gasteiger partial charge >= 0.3 is 5.97 Å². The Bertz CT molecular complexity index is 577. The van der Waals surface area contributed by atoms with Crippen molar-refractivity contribution >= 4 is 17.7 Å². The molecule has 19 heavy (non-hydrogen) atoms. The van der Waals surface area contributed by atoms with Gasteiger partial charge in [-0.3, -0.25) is 9.48 Å². The normalized spacial score (nSPS) is 10.8. The summed E-state index contributed by atoms with van der Waals surface area (Å²) in [5.74, 6) is -0.213. The summed E-state index contributed by atoms with van der Waals surface area (Å²) in [7, 11) is 1.84. The highest BCUT2D eigenvalue weighted by Gasteiger charge is 2.16. The minimum atomic E-state index is -0.865. The maximum Gasteiger partial charge on any atom is 0.313 e. The van der Waals surface area contributed by atoms with Gasteiger partial charge in [0.25, 0.3) is 0 Å². The van der Waals surface area contributed by atoms with Crippen LogP contribution in [0.2, 0.25) is 0 Å². The van der Waals surface area contributed by atoms with Gasteiger partial charge in [0, 0.05) is 19.8 Å². The van der Waals surface area contributed by atoms with Crippen LogP contribution in [0.1, 0.15) is 13.3 Å². The van der Waals surface area contributed by atoms with E-state index in [-0.39, 0.29) is 5.75 Å². The summed E-state index contributed by atoms with van der Waals surface area (Å²) in [4.78, 5) is 10.6. The summed E-state index contributed by atoms with van der Waals surface area (Å²) >= 11 is 1.17. The molecule has 102 valence electrons. The molecule has 0 aliphatic rings. The number of hydrogen-bond acceptors (Lipinski definition) is 5. The van der Waals surface area contributed by atoms with Crippen molar-refractivity contribution < 1.29 is 9.90 Å². The first-order chi connectivity index (χ1) is 9.11. The molecule has 2 aromatic heterocycles. The number of aliphatic carboxylic acids is 1. The molecule has 0 aliphatic heterocycles. The minimum absolute atomic E-state index is 0.0237. The lowest BCUT2D eigenvalue weighted by molar-refractivity contribution is -0.133. The van der Waals surface area contributed by atoms with E-state index < -0.39 is 5.97 Å². The molecule has 0 atom stereocenters. The smallest absolute Gasteiger partial charge is 0.313 e. The molecule has 0 radical (unpaired) electrons. The van der Waals surface area contributed by atoms with Crippen LogP contribution in [0.25, 0.3) is 11.5 Å². The Balaban J connectivity index is 2.31. The van der Waals surface area contributed by atoms with E-state index in [0.717, 1.165) is 18.7 Å². The lowest BCUT2D eigenvalue weighted by atomic mass is 10.4. The number of aromatic nitrogens is 5. The van der Waals surface area contributed by atoms with Gasteiger partial charge < -0.3 is 9.67 Å². The van der Waals surface area contributed by atoms with Gasteiger partial charge in [-0.25, -0.2) is 0 Å². The first kappa shape index (κ1) is 13.6. The lowest BCUT2D eigenvalue weighted by Gasteiger charge is -2.06. The number of aryl methyl sites for hydroxylation is 1. The topological polar surface area (TPSA) is 85.8 Å². The summed E-state index contributed by atoms with van der Waals surface area (Å²) in [6, 6.07) is 1.86. The lowest BCUT2D eigenvalue weighted by Crippen LogP contribution is -2.05. The van der Waals surface area contributed by atoms with Gasteiger partial charge in [0.05, 0.1) is 5.75 Å². The van der Waals surface area contributed by atoms with Crippen LogP contribution in [-0.2, 0) is 18.4 Å². The van der Waals surface area contributed by atoms with Crippen molar-refractivity contribution in [1.29, 1.82) is 0 Å². The van der Waals surface area contributed by atoms with Gasteiger partial charge in [-0.05, 0) is 12.5 Å². The van der Waals surface area contributed by atoms with Crippen molar-refractivity contribution in [3.05, 3.63) is 12.3 Å². The zero-order valence-corrected chi connectivity index (χ0v) is 11.6. The number of thioether (sulfide) groups is 1. The first-order valence-electron chi connectivity index (χ1n) is 5.89. The highest BCUT2D eigenvalue weighted by Crippen LogP contribution is 2.23. The maximum atomic E-state index is 10.6. The average Bonchev–Trinajstić information content (AvgIpc) is 2.94. The molecule has 1 N–H and O–H groups in total. The molecule has 2 aromatic rings. The average molecular weight is 281 g/mol. The van der Waals surface area contributed by atoms with Crippen LogP contribution < -0.4 is 0 Å². The maximum absolute atomic E-state index is 10.6. The Morgan fingerprint density at radius 2 is 2.26 bits per heavy atom. The SMILES string of the molecule is CCCn1c(SCC(=O)O)nnc1-c1ccn(C)n1. The molecule has 2 rings (SSSR count). The van der Waals surface area contributed by atoms with Crippen molar-refractivity contribution in [2.45, 2.75) is 25.0 Å². The van der Waals surface area contributed by atoms with E-state index in [0.29, 0.717) is 11.0 Å². The molecular formula is C11H15N5O2S. The highest BCUT2D eigenvalue weighted by molar-refractivity contribution is 7.99. The summed E-state index contributed by atoms with van der Waals surface area (Å²) in [5, 5.41) is 21.8. The second kappa shape index (κ2) is 5.87. The van der Waals surface area contributed by atoms with Gasteiger partial charge in [-0.2, -0.15) is 5.10 Å². The van der Waals surface area contributed by atoms with Crippen LogP contribution in [0.3, 0.4) is 0 Å². The standard InChI is InChI=1S/C11H15N5O2S/c1-3-5-16-10(8-4-6-15(2)14-8)12-13-11(16)19-7-9(17)18/h4,6H,3,5,7H2,1-2H3,(H,17,18). The quantitative estimate of drug-likeness (QED) is 0.802. The van der Waals surface area contributed by atoms with E-state index in [9.17, 15) is 4.79 Å². The Morgan fingerprint density at radius 3 is 2.84 bits per heavy atom. The molecule has 7 nitrogen and oxygen atoms in total. The van der Waals surface area contributed by atoms with Crippen molar-refractivity contribution in [3.63, 3.8) is 0 Å². The number of hydrogen-bond donors (Lipinski definition) is 1. The first-order valence-corrected chi connectivity index (χ1v) is 6.88. The molecule has 8 heteroatoms. The van der Waals surface area contributed by atoms with E-state index in [2.05, 4.69) is 15.3 Å². The Hall–Kier alpha value is -1.83. The number of nitrogens with zero attached hydrogens (tertiary/aromatic N) is 5. The molecular weight excluding hydrogens is 266 g/mol. The molecule has 0 aromatic carbocycles. The minimum Gasteiger partial charge on any atom is -0.481 e. The van der Waals surface area contributed by atoms with Crippen LogP contribution in [-0.4, -0.2) is 41.4 Å². The number of rotatable bonds is 6. The van der Waals surface area contributed by atoms with E-state index in [1.54, 1.807) is 4.68 Å². The monoisotopic (exact) mass is 281 g/mol.